The van der Waals surface area contributed by atoms with E-state index in [1.54, 1.807) is 18.2 Å². The summed E-state index contributed by atoms with van der Waals surface area (Å²) in [6, 6.07) is 7.05. The van der Waals surface area contributed by atoms with Crippen molar-refractivity contribution in [3.63, 3.8) is 0 Å². The molecule has 1 aromatic carbocycles. The van der Waals surface area contributed by atoms with Gasteiger partial charge in [-0.15, -0.1) is 0 Å². The van der Waals surface area contributed by atoms with Crippen LogP contribution in [0.1, 0.15) is 0 Å². The first kappa shape index (κ1) is 13.5. The Morgan fingerprint density at radius 1 is 1.17 bits per heavy atom. The number of benzene rings is 1. The molecule has 8 heteroatoms. The lowest BCUT2D eigenvalue weighted by Gasteiger charge is -2.08. The van der Waals surface area contributed by atoms with Gasteiger partial charge in [0, 0.05) is 3.57 Å². The minimum Gasteiger partial charge on any atom is -0.278 e. The Hall–Kier alpha value is -0.930. The van der Waals surface area contributed by atoms with E-state index in [-0.39, 0.29) is 10.2 Å². The zero-order valence-corrected chi connectivity index (χ0v) is 12.6. The molecule has 0 aliphatic carbocycles. The van der Waals surface area contributed by atoms with Crippen LogP contribution in [0, 0.1) is 3.57 Å². The SMILES string of the molecule is O=S(=O)(Nc1ccccc1I)c1cnc(Cl)nc1. The van der Waals surface area contributed by atoms with Crippen LogP contribution in [-0.2, 0) is 10.0 Å². The van der Waals surface area contributed by atoms with E-state index >= 15 is 0 Å². The Morgan fingerprint density at radius 3 is 2.39 bits per heavy atom. The summed E-state index contributed by atoms with van der Waals surface area (Å²) in [6.45, 7) is 0. The maximum absolute atomic E-state index is 12.0. The molecule has 0 bridgehead atoms. The van der Waals surface area contributed by atoms with Crippen molar-refractivity contribution in [1.29, 1.82) is 0 Å². The molecule has 0 amide bonds. The van der Waals surface area contributed by atoms with Crippen molar-refractivity contribution in [1.82, 2.24) is 9.97 Å². The predicted molar refractivity (Wildman–Crippen MR) is 77.0 cm³/mol. The van der Waals surface area contributed by atoms with Gasteiger partial charge in [-0.05, 0) is 46.3 Å². The van der Waals surface area contributed by atoms with E-state index in [9.17, 15) is 8.42 Å². The summed E-state index contributed by atoms with van der Waals surface area (Å²) in [4.78, 5) is 7.25. The number of halogens is 2. The Bertz CT molecular complexity index is 661. The minimum atomic E-state index is -3.69. The third-order valence-electron chi connectivity index (χ3n) is 2.03. The van der Waals surface area contributed by atoms with Gasteiger partial charge >= 0.3 is 0 Å². The zero-order chi connectivity index (χ0) is 13.2. The molecule has 2 aromatic rings. The van der Waals surface area contributed by atoms with Gasteiger partial charge in [-0.2, -0.15) is 0 Å². The van der Waals surface area contributed by atoms with E-state index < -0.39 is 10.0 Å². The van der Waals surface area contributed by atoms with Crippen molar-refractivity contribution >= 4 is 49.9 Å². The highest BCUT2D eigenvalue weighted by atomic mass is 127. The Labute approximate surface area is 123 Å². The van der Waals surface area contributed by atoms with Crippen LogP contribution in [0.3, 0.4) is 0 Å². The van der Waals surface area contributed by atoms with E-state index in [2.05, 4.69) is 14.7 Å². The predicted octanol–water partition coefficient (Wildman–Crippen LogP) is 2.54. The van der Waals surface area contributed by atoms with Gasteiger partial charge in [-0.3, -0.25) is 4.72 Å². The summed E-state index contributed by atoms with van der Waals surface area (Å²) in [5.74, 6) is 0. The van der Waals surface area contributed by atoms with Crippen LogP contribution in [-0.4, -0.2) is 18.4 Å². The van der Waals surface area contributed by atoms with Gasteiger partial charge in [-0.1, -0.05) is 12.1 Å². The summed E-state index contributed by atoms with van der Waals surface area (Å²) in [5.41, 5.74) is 0.507. The molecule has 94 valence electrons. The van der Waals surface area contributed by atoms with Crippen molar-refractivity contribution in [2.75, 3.05) is 4.72 Å². The number of sulfonamides is 1. The molecule has 0 saturated heterocycles. The number of nitrogens with zero attached hydrogens (tertiary/aromatic N) is 2. The molecule has 0 aliphatic rings. The van der Waals surface area contributed by atoms with Crippen molar-refractivity contribution in [3.05, 3.63) is 45.5 Å². The minimum absolute atomic E-state index is 0.00300. The summed E-state index contributed by atoms with van der Waals surface area (Å²) in [6.07, 6.45) is 2.32. The Balaban J connectivity index is 2.33. The average Bonchev–Trinajstić information content (AvgIpc) is 2.32. The lowest BCUT2D eigenvalue weighted by molar-refractivity contribution is 0.600. The second kappa shape index (κ2) is 5.37. The van der Waals surface area contributed by atoms with Crippen LogP contribution in [0.15, 0.2) is 41.6 Å². The highest BCUT2D eigenvalue weighted by Gasteiger charge is 2.16. The van der Waals surface area contributed by atoms with Gasteiger partial charge in [0.05, 0.1) is 18.1 Å². The number of para-hydroxylation sites is 1. The second-order valence-corrected chi connectivity index (χ2v) is 6.46. The van der Waals surface area contributed by atoms with E-state index in [1.807, 2.05) is 28.7 Å². The van der Waals surface area contributed by atoms with Crippen LogP contribution in [0.4, 0.5) is 5.69 Å². The molecule has 0 radical (unpaired) electrons. The van der Waals surface area contributed by atoms with Crippen molar-refractivity contribution in [2.24, 2.45) is 0 Å². The van der Waals surface area contributed by atoms with Crippen LogP contribution in [0.5, 0.6) is 0 Å². The van der Waals surface area contributed by atoms with Gasteiger partial charge in [0.1, 0.15) is 4.90 Å². The number of hydrogen-bond donors (Lipinski definition) is 1. The molecule has 1 aromatic heterocycles. The molecular formula is C10H7ClIN3O2S. The van der Waals surface area contributed by atoms with Gasteiger partial charge < -0.3 is 0 Å². The summed E-state index contributed by atoms with van der Waals surface area (Å²) < 4.78 is 27.3. The van der Waals surface area contributed by atoms with Gasteiger partial charge in [0.15, 0.2) is 0 Å². The second-order valence-electron chi connectivity index (χ2n) is 3.27. The quantitative estimate of drug-likeness (QED) is 0.640. The fourth-order valence-electron chi connectivity index (χ4n) is 1.19. The fraction of sp³-hybridized carbons (Fsp3) is 0. The summed E-state index contributed by atoms with van der Waals surface area (Å²) in [5, 5.41) is 0.00300. The number of nitrogens with one attached hydrogen (secondary N) is 1. The molecule has 18 heavy (non-hydrogen) atoms. The molecule has 5 nitrogen and oxygen atoms in total. The number of rotatable bonds is 3. The van der Waals surface area contributed by atoms with Crippen molar-refractivity contribution in [3.8, 4) is 0 Å². The number of hydrogen-bond acceptors (Lipinski definition) is 4. The zero-order valence-electron chi connectivity index (χ0n) is 8.84. The molecule has 0 atom stereocenters. The first-order valence-electron chi connectivity index (χ1n) is 4.74. The topological polar surface area (TPSA) is 72.0 Å². The average molecular weight is 396 g/mol. The van der Waals surface area contributed by atoms with Crippen LogP contribution >= 0.6 is 34.2 Å². The van der Waals surface area contributed by atoms with Gasteiger partial charge in [0.2, 0.25) is 5.28 Å². The lowest BCUT2D eigenvalue weighted by Crippen LogP contribution is -2.14. The smallest absolute Gasteiger partial charge is 0.265 e. The standard InChI is InChI=1S/C10H7ClIN3O2S/c11-10-13-5-7(6-14-10)18(16,17)15-9-4-2-1-3-8(9)12/h1-6,15H. The lowest BCUT2D eigenvalue weighted by atomic mass is 10.3. The van der Waals surface area contributed by atoms with Crippen molar-refractivity contribution in [2.45, 2.75) is 4.90 Å². The third kappa shape index (κ3) is 3.09. The number of anilines is 1. The van der Waals surface area contributed by atoms with Gasteiger partial charge in [-0.25, -0.2) is 18.4 Å². The highest BCUT2D eigenvalue weighted by Crippen LogP contribution is 2.20. The fourth-order valence-corrected chi connectivity index (χ4v) is 2.96. The van der Waals surface area contributed by atoms with E-state index in [0.29, 0.717) is 5.69 Å². The van der Waals surface area contributed by atoms with E-state index in [1.165, 1.54) is 0 Å². The number of aromatic nitrogens is 2. The molecular weight excluding hydrogens is 389 g/mol. The highest BCUT2D eigenvalue weighted by molar-refractivity contribution is 14.1. The van der Waals surface area contributed by atoms with E-state index in [0.717, 1.165) is 16.0 Å². The molecule has 0 spiro atoms. The maximum atomic E-state index is 12.0. The largest absolute Gasteiger partial charge is 0.278 e. The molecule has 0 fully saturated rings. The monoisotopic (exact) mass is 395 g/mol. The van der Waals surface area contributed by atoms with Gasteiger partial charge in [0.25, 0.3) is 10.0 Å². The van der Waals surface area contributed by atoms with Crippen LogP contribution in [0.2, 0.25) is 5.28 Å². The molecule has 0 aliphatic heterocycles. The van der Waals surface area contributed by atoms with Crippen LogP contribution < -0.4 is 4.72 Å². The normalized spacial score (nSPS) is 11.2. The summed E-state index contributed by atoms with van der Waals surface area (Å²) >= 11 is 7.55. The Kier molecular flexibility index (Phi) is 4.03. The molecule has 0 unspecified atom stereocenters. The maximum Gasteiger partial charge on any atom is 0.265 e. The molecule has 1 N–H and O–H groups in total. The van der Waals surface area contributed by atoms with Crippen molar-refractivity contribution < 1.29 is 8.42 Å². The Morgan fingerprint density at radius 2 is 1.78 bits per heavy atom. The molecule has 1 heterocycles. The van der Waals surface area contributed by atoms with Crippen LogP contribution in [0.25, 0.3) is 0 Å². The molecule has 2 rings (SSSR count). The first-order valence-corrected chi connectivity index (χ1v) is 7.68. The van der Waals surface area contributed by atoms with E-state index in [4.69, 9.17) is 11.6 Å². The first-order chi connectivity index (χ1) is 8.49. The molecule has 0 saturated carbocycles. The third-order valence-corrected chi connectivity index (χ3v) is 4.48. The summed E-state index contributed by atoms with van der Waals surface area (Å²) in [7, 11) is -3.69.